The van der Waals surface area contributed by atoms with Crippen molar-refractivity contribution in [1.82, 2.24) is 10.3 Å². The highest BCUT2D eigenvalue weighted by atomic mass is 79.9. The van der Waals surface area contributed by atoms with E-state index in [1.165, 1.54) is 6.07 Å². The molecule has 5 heteroatoms. The lowest BCUT2D eigenvalue weighted by Crippen LogP contribution is -2.14. The van der Waals surface area contributed by atoms with Crippen LogP contribution in [0.15, 0.2) is 28.1 Å². The first-order valence-corrected chi connectivity index (χ1v) is 7.34. The van der Waals surface area contributed by atoms with Crippen molar-refractivity contribution in [1.29, 1.82) is 0 Å². The van der Waals surface area contributed by atoms with E-state index in [2.05, 4.69) is 33.2 Å². The van der Waals surface area contributed by atoms with Crippen molar-refractivity contribution in [2.45, 2.75) is 12.8 Å². The number of likely N-dealkylation sites (N-methyl/N-ethyl adjacent to an activating group) is 1. The summed E-state index contributed by atoms with van der Waals surface area (Å²) in [5.74, 6) is 0.0924. The van der Waals surface area contributed by atoms with E-state index in [0.717, 1.165) is 16.0 Å². The largest absolute Gasteiger partial charge is 0.319 e. The third-order valence-corrected chi connectivity index (χ3v) is 4.23. The Hall–Kier alpha value is -0.780. The summed E-state index contributed by atoms with van der Waals surface area (Å²) in [4.78, 5) is 4.51. The molecule has 1 N–H and O–H groups in total. The fraction of sp³-hybridized carbons (Fsp3) is 0.308. The summed E-state index contributed by atoms with van der Waals surface area (Å²) in [5.41, 5.74) is 1.26. The van der Waals surface area contributed by atoms with Gasteiger partial charge < -0.3 is 5.32 Å². The Morgan fingerprint density at radius 2 is 2.28 bits per heavy atom. The highest BCUT2D eigenvalue weighted by Gasteiger charge is 2.13. The van der Waals surface area contributed by atoms with Gasteiger partial charge in [0.1, 0.15) is 5.82 Å². The normalized spacial score (nSPS) is 12.7. The molecular weight excluding hydrogens is 315 g/mol. The zero-order valence-corrected chi connectivity index (χ0v) is 12.6. The summed E-state index contributed by atoms with van der Waals surface area (Å²) in [6.45, 7) is 2.98. The van der Waals surface area contributed by atoms with Crippen LogP contribution < -0.4 is 5.32 Å². The lowest BCUT2D eigenvalue weighted by atomic mass is 10.1. The summed E-state index contributed by atoms with van der Waals surface area (Å²) in [6.07, 6.45) is 0. The highest BCUT2D eigenvalue weighted by molar-refractivity contribution is 9.10. The molecule has 0 aliphatic heterocycles. The fourth-order valence-corrected chi connectivity index (χ4v) is 2.94. The minimum atomic E-state index is -0.248. The zero-order valence-electron chi connectivity index (χ0n) is 10.2. The van der Waals surface area contributed by atoms with Crippen molar-refractivity contribution in [2.75, 3.05) is 13.6 Å². The number of aromatic nitrogens is 1. The molecule has 0 aliphatic carbocycles. The Kier molecular flexibility index (Phi) is 4.48. The predicted octanol–water partition coefficient (Wildman–Crippen LogP) is 4.03. The van der Waals surface area contributed by atoms with Crippen molar-refractivity contribution in [3.63, 3.8) is 0 Å². The lowest BCUT2D eigenvalue weighted by Gasteiger charge is -2.06. The first-order chi connectivity index (χ1) is 8.61. The zero-order chi connectivity index (χ0) is 13.1. The molecule has 0 saturated heterocycles. The Morgan fingerprint density at radius 3 is 2.94 bits per heavy atom. The smallest absolute Gasteiger partial charge is 0.133 e. The molecule has 0 bridgehead atoms. The van der Waals surface area contributed by atoms with Gasteiger partial charge in [-0.2, -0.15) is 0 Å². The van der Waals surface area contributed by atoms with Gasteiger partial charge >= 0.3 is 0 Å². The molecule has 2 rings (SSSR count). The molecule has 0 amide bonds. The quantitative estimate of drug-likeness (QED) is 0.916. The molecule has 0 radical (unpaired) electrons. The minimum absolute atomic E-state index is 0.248. The van der Waals surface area contributed by atoms with E-state index in [-0.39, 0.29) is 5.82 Å². The van der Waals surface area contributed by atoms with Crippen LogP contribution in [-0.2, 0) is 0 Å². The van der Waals surface area contributed by atoms with Crippen LogP contribution in [0.25, 0.3) is 11.3 Å². The molecule has 1 unspecified atom stereocenters. The van der Waals surface area contributed by atoms with Gasteiger partial charge in [-0.3, -0.25) is 0 Å². The van der Waals surface area contributed by atoms with Crippen molar-refractivity contribution >= 4 is 27.3 Å². The maximum absolute atomic E-state index is 13.8. The van der Waals surface area contributed by atoms with Crippen LogP contribution in [0, 0.1) is 5.82 Å². The molecule has 2 aromatic rings. The van der Waals surface area contributed by atoms with Crippen LogP contribution in [0.4, 0.5) is 4.39 Å². The number of nitrogens with zero attached hydrogens (tertiary/aromatic N) is 1. The lowest BCUT2D eigenvalue weighted by molar-refractivity contribution is 0.629. The number of thiazole rings is 1. The molecule has 0 spiro atoms. The Bertz CT molecular complexity index is 542. The topological polar surface area (TPSA) is 24.9 Å². The number of hydrogen-bond donors (Lipinski definition) is 1. The van der Waals surface area contributed by atoms with E-state index in [9.17, 15) is 4.39 Å². The SMILES string of the molecule is CNCC(C)c1nc(-c2ccc(Br)cc2F)cs1. The summed E-state index contributed by atoms with van der Waals surface area (Å²) in [6, 6.07) is 5.04. The minimum Gasteiger partial charge on any atom is -0.319 e. The molecule has 1 aromatic carbocycles. The Balaban J connectivity index is 2.29. The molecule has 18 heavy (non-hydrogen) atoms. The van der Waals surface area contributed by atoms with E-state index >= 15 is 0 Å². The Labute approximate surface area is 118 Å². The number of rotatable bonds is 4. The van der Waals surface area contributed by atoms with Gasteiger partial charge in [0.2, 0.25) is 0 Å². The van der Waals surface area contributed by atoms with Crippen LogP contribution in [0.5, 0.6) is 0 Å². The molecule has 1 atom stereocenters. The summed E-state index contributed by atoms with van der Waals surface area (Å²) in [7, 11) is 1.92. The number of halogens is 2. The molecule has 2 nitrogen and oxygen atoms in total. The second kappa shape index (κ2) is 5.91. The highest BCUT2D eigenvalue weighted by Crippen LogP contribution is 2.29. The van der Waals surface area contributed by atoms with Crippen molar-refractivity contribution < 1.29 is 4.39 Å². The van der Waals surface area contributed by atoms with E-state index in [4.69, 9.17) is 0 Å². The number of nitrogens with one attached hydrogen (secondary N) is 1. The van der Waals surface area contributed by atoms with Crippen molar-refractivity contribution in [2.24, 2.45) is 0 Å². The van der Waals surface area contributed by atoms with Gasteiger partial charge in [0.25, 0.3) is 0 Å². The maximum atomic E-state index is 13.8. The van der Waals surface area contributed by atoms with E-state index in [1.54, 1.807) is 17.4 Å². The van der Waals surface area contributed by atoms with E-state index in [1.807, 2.05) is 18.5 Å². The van der Waals surface area contributed by atoms with Gasteiger partial charge in [0.05, 0.1) is 10.7 Å². The molecule has 0 aliphatic rings. The second-order valence-corrected chi connectivity index (χ2v) is 5.96. The Morgan fingerprint density at radius 1 is 1.50 bits per heavy atom. The summed E-state index contributed by atoms with van der Waals surface area (Å²) >= 11 is 4.83. The van der Waals surface area contributed by atoms with Crippen LogP contribution in [-0.4, -0.2) is 18.6 Å². The van der Waals surface area contributed by atoms with Gasteiger partial charge in [0.15, 0.2) is 0 Å². The molecule has 1 aromatic heterocycles. The molecule has 1 heterocycles. The molecule has 0 saturated carbocycles. The molecular formula is C13H14BrFN2S. The van der Waals surface area contributed by atoms with Crippen LogP contribution in [0.2, 0.25) is 0 Å². The van der Waals surface area contributed by atoms with Crippen LogP contribution >= 0.6 is 27.3 Å². The third kappa shape index (κ3) is 2.96. The van der Waals surface area contributed by atoms with Crippen molar-refractivity contribution in [3.8, 4) is 11.3 Å². The van der Waals surface area contributed by atoms with Gasteiger partial charge in [-0.15, -0.1) is 11.3 Å². The fourth-order valence-electron chi connectivity index (χ4n) is 1.73. The summed E-state index contributed by atoms with van der Waals surface area (Å²) in [5, 5.41) is 6.06. The summed E-state index contributed by atoms with van der Waals surface area (Å²) < 4.78 is 14.6. The number of hydrogen-bond acceptors (Lipinski definition) is 3. The maximum Gasteiger partial charge on any atom is 0.133 e. The average molecular weight is 329 g/mol. The molecule has 0 fully saturated rings. The third-order valence-electron chi connectivity index (χ3n) is 2.66. The van der Waals surface area contributed by atoms with Crippen LogP contribution in [0.3, 0.4) is 0 Å². The second-order valence-electron chi connectivity index (χ2n) is 4.15. The number of benzene rings is 1. The monoisotopic (exact) mass is 328 g/mol. The van der Waals surface area contributed by atoms with Gasteiger partial charge in [-0.25, -0.2) is 9.37 Å². The van der Waals surface area contributed by atoms with Gasteiger partial charge in [-0.05, 0) is 25.2 Å². The first-order valence-electron chi connectivity index (χ1n) is 5.67. The van der Waals surface area contributed by atoms with Gasteiger partial charge in [-0.1, -0.05) is 22.9 Å². The first kappa shape index (κ1) is 13.6. The average Bonchev–Trinajstić information content (AvgIpc) is 2.78. The standard InChI is InChI=1S/C13H14BrFN2S/c1-8(6-16-2)13-17-12(7-18-13)10-4-3-9(14)5-11(10)15/h3-5,7-8,16H,6H2,1-2H3. The van der Waals surface area contributed by atoms with E-state index in [0.29, 0.717) is 17.2 Å². The van der Waals surface area contributed by atoms with E-state index < -0.39 is 0 Å². The molecule has 96 valence electrons. The van der Waals surface area contributed by atoms with Gasteiger partial charge in [0, 0.05) is 27.9 Å². The predicted molar refractivity (Wildman–Crippen MR) is 77.5 cm³/mol. The van der Waals surface area contributed by atoms with Crippen LogP contribution in [0.1, 0.15) is 17.8 Å². The van der Waals surface area contributed by atoms with Crippen molar-refractivity contribution in [3.05, 3.63) is 38.9 Å².